The maximum Gasteiger partial charge on any atom is 0.321 e. The summed E-state index contributed by atoms with van der Waals surface area (Å²) in [5.41, 5.74) is 1.87. The van der Waals surface area contributed by atoms with Gasteiger partial charge in [0.1, 0.15) is 0 Å². The van der Waals surface area contributed by atoms with Gasteiger partial charge < -0.3 is 15.0 Å². The number of anilines is 1. The van der Waals surface area contributed by atoms with E-state index in [1.54, 1.807) is 11.8 Å². The highest BCUT2D eigenvalue weighted by atomic mass is 16.5. The van der Waals surface area contributed by atoms with Gasteiger partial charge in [-0.1, -0.05) is 39.0 Å². The Labute approximate surface area is 144 Å². The number of benzene rings is 1. The van der Waals surface area contributed by atoms with Crippen molar-refractivity contribution in [1.82, 2.24) is 4.90 Å². The molecule has 1 aliphatic heterocycles. The minimum Gasteiger partial charge on any atom is -0.466 e. The SMILES string of the molecule is CCOC(=O)C1CCCN(C(=O)Nc2ccccc2C(C)(C)C)C1. The molecule has 1 aromatic carbocycles. The van der Waals surface area contributed by atoms with Crippen LogP contribution in [0.15, 0.2) is 24.3 Å². The molecule has 0 saturated carbocycles. The lowest BCUT2D eigenvalue weighted by atomic mass is 9.86. The number of nitrogens with zero attached hydrogens (tertiary/aromatic N) is 1. The third-order valence-electron chi connectivity index (χ3n) is 4.31. The molecular formula is C19H28N2O3. The van der Waals surface area contributed by atoms with E-state index < -0.39 is 0 Å². The van der Waals surface area contributed by atoms with Gasteiger partial charge in [0.05, 0.1) is 12.5 Å². The van der Waals surface area contributed by atoms with Crippen molar-refractivity contribution in [2.24, 2.45) is 5.92 Å². The molecule has 2 amide bonds. The number of piperidine rings is 1. The summed E-state index contributed by atoms with van der Waals surface area (Å²) in [7, 11) is 0. The van der Waals surface area contributed by atoms with E-state index in [2.05, 4.69) is 26.1 Å². The first-order chi connectivity index (χ1) is 11.3. The number of carbonyl (C=O) groups is 2. The van der Waals surface area contributed by atoms with Gasteiger partial charge in [-0.05, 0) is 36.8 Å². The molecule has 0 radical (unpaired) electrons. The van der Waals surface area contributed by atoms with Gasteiger partial charge in [0.2, 0.25) is 0 Å². The van der Waals surface area contributed by atoms with Gasteiger partial charge in [-0.25, -0.2) is 4.79 Å². The fraction of sp³-hybridized carbons (Fsp3) is 0.579. The third kappa shape index (κ3) is 4.49. The van der Waals surface area contributed by atoms with Crippen LogP contribution in [0.2, 0.25) is 0 Å². The van der Waals surface area contributed by atoms with Crippen LogP contribution in [0.3, 0.4) is 0 Å². The Kier molecular flexibility index (Phi) is 5.86. The molecule has 24 heavy (non-hydrogen) atoms. The number of urea groups is 1. The predicted molar refractivity (Wildman–Crippen MR) is 95.1 cm³/mol. The van der Waals surface area contributed by atoms with Crippen LogP contribution < -0.4 is 5.32 Å². The maximum absolute atomic E-state index is 12.6. The monoisotopic (exact) mass is 332 g/mol. The van der Waals surface area contributed by atoms with E-state index in [0.717, 1.165) is 24.1 Å². The second kappa shape index (κ2) is 7.69. The average Bonchev–Trinajstić information content (AvgIpc) is 2.54. The fourth-order valence-corrected chi connectivity index (χ4v) is 3.05. The van der Waals surface area contributed by atoms with Crippen molar-refractivity contribution in [3.05, 3.63) is 29.8 Å². The molecule has 1 N–H and O–H groups in total. The Morgan fingerprint density at radius 1 is 1.29 bits per heavy atom. The highest BCUT2D eigenvalue weighted by Gasteiger charge is 2.30. The summed E-state index contributed by atoms with van der Waals surface area (Å²) in [6, 6.07) is 7.70. The smallest absolute Gasteiger partial charge is 0.321 e. The van der Waals surface area contributed by atoms with Crippen LogP contribution >= 0.6 is 0 Å². The number of esters is 1. The van der Waals surface area contributed by atoms with Crippen LogP contribution in [0.4, 0.5) is 10.5 Å². The second-order valence-electron chi connectivity index (χ2n) is 7.26. The number of carbonyl (C=O) groups excluding carboxylic acids is 2. The van der Waals surface area contributed by atoms with Gasteiger partial charge in [0.15, 0.2) is 0 Å². The first kappa shape index (κ1) is 18.3. The molecule has 1 heterocycles. The molecule has 1 saturated heterocycles. The summed E-state index contributed by atoms with van der Waals surface area (Å²) < 4.78 is 5.09. The molecule has 0 aliphatic carbocycles. The number of rotatable bonds is 3. The summed E-state index contributed by atoms with van der Waals surface area (Å²) in [5, 5.41) is 3.01. The second-order valence-corrected chi connectivity index (χ2v) is 7.26. The van der Waals surface area contributed by atoms with Crippen molar-refractivity contribution in [3.63, 3.8) is 0 Å². The normalized spacial score (nSPS) is 18.2. The first-order valence-electron chi connectivity index (χ1n) is 8.65. The number of hydrogen-bond acceptors (Lipinski definition) is 3. The molecule has 2 rings (SSSR count). The lowest BCUT2D eigenvalue weighted by Gasteiger charge is -2.32. The van der Waals surface area contributed by atoms with Crippen molar-refractivity contribution < 1.29 is 14.3 Å². The zero-order valence-corrected chi connectivity index (χ0v) is 15.1. The molecule has 1 aliphatic rings. The fourth-order valence-electron chi connectivity index (χ4n) is 3.05. The van der Waals surface area contributed by atoms with Crippen LogP contribution in [0.1, 0.15) is 46.1 Å². The Hall–Kier alpha value is -2.04. The van der Waals surface area contributed by atoms with Gasteiger partial charge in [-0.3, -0.25) is 4.79 Å². The molecule has 1 aromatic rings. The summed E-state index contributed by atoms with van der Waals surface area (Å²) in [6.07, 6.45) is 1.60. The van der Waals surface area contributed by atoms with E-state index in [1.807, 2.05) is 24.3 Å². The molecule has 5 heteroatoms. The number of nitrogens with one attached hydrogen (secondary N) is 1. The Bertz CT molecular complexity index is 593. The van der Waals surface area contributed by atoms with E-state index in [1.165, 1.54) is 0 Å². The van der Waals surface area contributed by atoms with Crippen LogP contribution in [-0.2, 0) is 14.9 Å². The van der Waals surface area contributed by atoms with E-state index >= 15 is 0 Å². The van der Waals surface area contributed by atoms with Crippen LogP contribution in [0.5, 0.6) is 0 Å². The predicted octanol–water partition coefficient (Wildman–Crippen LogP) is 3.79. The molecule has 132 valence electrons. The Balaban J connectivity index is 2.06. The average molecular weight is 332 g/mol. The summed E-state index contributed by atoms with van der Waals surface area (Å²) >= 11 is 0. The zero-order valence-electron chi connectivity index (χ0n) is 15.1. The topological polar surface area (TPSA) is 58.6 Å². The number of amides is 2. The molecular weight excluding hydrogens is 304 g/mol. The van der Waals surface area contributed by atoms with E-state index in [4.69, 9.17) is 4.74 Å². The third-order valence-corrected chi connectivity index (χ3v) is 4.31. The zero-order chi connectivity index (χ0) is 17.7. The van der Waals surface area contributed by atoms with Gasteiger partial charge >= 0.3 is 12.0 Å². The Morgan fingerprint density at radius 2 is 2.00 bits per heavy atom. The highest BCUT2D eigenvalue weighted by Crippen LogP contribution is 2.29. The van der Waals surface area contributed by atoms with E-state index in [9.17, 15) is 9.59 Å². The Morgan fingerprint density at radius 3 is 2.67 bits per heavy atom. The van der Waals surface area contributed by atoms with Crippen molar-refractivity contribution in [1.29, 1.82) is 0 Å². The summed E-state index contributed by atoms with van der Waals surface area (Å²) in [5.74, 6) is -0.424. The van der Waals surface area contributed by atoms with Crippen LogP contribution in [0.25, 0.3) is 0 Å². The first-order valence-corrected chi connectivity index (χ1v) is 8.65. The lowest BCUT2D eigenvalue weighted by molar-refractivity contribution is -0.149. The van der Waals surface area contributed by atoms with E-state index in [-0.39, 0.29) is 23.3 Å². The number of ether oxygens (including phenoxy) is 1. The lowest BCUT2D eigenvalue weighted by Crippen LogP contribution is -2.44. The van der Waals surface area contributed by atoms with Gasteiger partial charge in [0.25, 0.3) is 0 Å². The summed E-state index contributed by atoms with van der Waals surface area (Å²) in [4.78, 5) is 26.3. The quantitative estimate of drug-likeness (QED) is 0.857. The molecule has 1 atom stereocenters. The van der Waals surface area contributed by atoms with Gasteiger partial charge in [-0.2, -0.15) is 0 Å². The number of para-hydroxylation sites is 1. The minimum absolute atomic E-state index is 0.0563. The van der Waals surface area contributed by atoms with Crippen LogP contribution in [0, 0.1) is 5.92 Å². The largest absolute Gasteiger partial charge is 0.466 e. The van der Waals surface area contributed by atoms with Crippen LogP contribution in [-0.4, -0.2) is 36.6 Å². The highest BCUT2D eigenvalue weighted by molar-refractivity contribution is 5.91. The van der Waals surface area contributed by atoms with Crippen molar-refractivity contribution >= 4 is 17.7 Å². The molecule has 1 unspecified atom stereocenters. The standard InChI is InChI=1S/C19H28N2O3/c1-5-24-17(22)14-9-8-12-21(13-14)18(23)20-16-11-7-6-10-15(16)19(2,3)4/h6-7,10-11,14H,5,8-9,12-13H2,1-4H3,(H,20,23). The summed E-state index contributed by atoms with van der Waals surface area (Å²) in [6.45, 7) is 9.62. The molecule has 1 fully saturated rings. The molecule has 5 nitrogen and oxygen atoms in total. The minimum atomic E-state index is -0.220. The molecule has 0 bridgehead atoms. The molecule has 0 aromatic heterocycles. The number of likely N-dealkylation sites (tertiary alicyclic amines) is 1. The van der Waals surface area contributed by atoms with Gasteiger partial charge in [0, 0.05) is 18.8 Å². The number of hydrogen-bond donors (Lipinski definition) is 1. The van der Waals surface area contributed by atoms with Crippen molar-refractivity contribution in [3.8, 4) is 0 Å². The van der Waals surface area contributed by atoms with Crippen molar-refractivity contribution in [2.75, 3.05) is 25.0 Å². The van der Waals surface area contributed by atoms with Crippen molar-refractivity contribution in [2.45, 2.75) is 46.0 Å². The molecule has 0 spiro atoms. The van der Waals surface area contributed by atoms with E-state index in [0.29, 0.717) is 19.7 Å². The van der Waals surface area contributed by atoms with Gasteiger partial charge in [-0.15, -0.1) is 0 Å². The maximum atomic E-state index is 12.6.